The second-order valence-electron chi connectivity index (χ2n) is 2.93. The minimum absolute atomic E-state index is 0.169. The van der Waals surface area contributed by atoms with Crippen molar-refractivity contribution < 1.29 is 5.11 Å². The molecule has 0 fully saturated rings. The van der Waals surface area contributed by atoms with Gasteiger partial charge in [0.15, 0.2) is 0 Å². The fraction of sp³-hybridized carbons (Fsp3) is 0.111. The Kier molecular flexibility index (Phi) is 1.85. The Balaban J connectivity index is 2.60. The number of phenolic OH excluding ortho intramolecular Hbond substituents is 1. The SMILES string of the molecule is Cc1n[nH]c(=O)n1-c1ccc(O)cc1. The van der Waals surface area contributed by atoms with Crippen LogP contribution in [-0.2, 0) is 0 Å². The molecule has 14 heavy (non-hydrogen) atoms. The van der Waals surface area contributed by atoms with E-state index < -0.39 is 0 Å². The standard InChI is InChI=1S/C9H9N3O2/c1-6-10-11-9(14)12(6)7-2-4-8(13)5-3-7/h2-5,13H,1H3,(H,11,14). The van der Waals surface area contributed by atoms with Crippen LogP contribution >= 0.6 is 0 Å². The van der Waals surface area contributed by atoms with Gasteiger partial charge in [0.05, 0.1) is 5.69 Å². The summed E-state index contributed by atoms with van der Waals surface area (Å²) >= 11 is 0. The fourth-order valence-electron chi connectivity index (χ4n) is 1.28. The lowest BCUT2D eigenvalue weighted by Crippen LogP contribution is -2.15. The van der Waals surface area contributed by atoms with E-state index in [4.69, 9.17) is 5.11 Å². The lowest BCUT2D eigenvalue weighted by Gasteiger charge is -2.01. The molecular weight excluding hydrogens is 182 g/mol. The summed E-state index contributed by atoms with van der Waals surface area (Å²) in [5, 5.41) is 15.2. The average molecular weight is 191 g/mol. The molecule has 0 aliphatic rings. The van der Waals surface area contributed by atoms with Crippen molar-refractivity contribution in [3.05, 3.63) is 40.6 Å². The van der Waals surface area contributed by atoms with Gasteiger partial charge in [0, 0.05) is 0 Å². The third kappa shape index (κ3) is 1.28. The molecule has 5 nitrogen and oxygen atoms in total. The molecule has 5 heteroatoms. The number of aromatic hydroxyl groups is 1. The van der Waals surface area contributed by atoms with Crippen LogP contribution in [0.5, 0.6) is 5.75 Å². The second-order valence-corrected chi connectivity index (χ2v) is 2.93. The molecule has 2 aromatic rings. The van der Waals surface area contributed by atoms with Crippen molar-refractivity contribution in [1.82, 2.24) is 14.8 Å². The number of aryl methyl sites for hydroxylation is 1. The highest BCUT2D eigenvalue weighted by Crippen LogP contribution is 2.12. The first-order valence-corrected chi connectivity index (χ1v) is 4.12. The number of aromatic amines is 1. The number of hydrogen-bond donors (Lipinski definition) is 2. The highest BCUT2D eigenvalue weighted by molar-refractivity contribution is 5.37. The van der Waals surface area contributed by atoms with E-state index in [0.29, 0.717) is 11.5 Å². The topological polar surface area (TPSA) is 70.9 Å². The van der Waals surface area contributed by atoms with Crippen LogP contribution in [0.15, 0.2) is 29.1 Å². The second kappa shape index (κ2) is 3.02. The molecule has 0 unspecified atom stereocenters. The minimum Gasteiger partial charge on any atom is -0.508 e. The Bertz CT molecular complexity index is 496. The van der Waals surface area contributed by atoms with Gasteiger partial charge < -0.3 is 5.11 Å². The minimum atomic E-state index is -0.284. The van der Waals surface area contributed by atoms with Crippen LogP contribution in [0.3, 0.4) is 0 Å². The van der Waals surface area contributed by atoms with Crippen LogP contribution in [0.1, 0.15) is 5.82 Å². The molecule has 0 aliphatic carbocycles. The Morgan fingerprint density at radius 2 is 2.00 bits per heavy atom. The van der Waals surface area contributed by atoms with E-state index >= 15 is 0 Å². The number of nitrogens with one attached hydrogen (secondary N) is 1. The molecule has 2 rings (SSSR count). The van der Waals surface area contributed by atoms with Crippen LogP contribution in [-0.4, -0.2) is 19.9 Å². The highest BCUT2D eigenvalue weighted by Gasteiger charge is 2.05. The van der Waals surface area contributed by atoms with Gasteiger partial charge in [-0.25, -0.2) is 14.5 Å². The zero-order valence-corrected chi connectivity index (χ0v) is 7.56. The molecule has 1 heterocycles. The number of hydrogen-bond acceptors (Lipinski definition) is 3. The number of benzene rings is 1. The van der Waals surface area contributed by atoms with Gasteiger partial charge in [-0.3, -0.25) is 0 Å². The van der Waals surface area contributed by atoms with Gasteiger partial charge in [-0.2, -0.15) is 5.10 Å². The first-order valence-electron chi connectivity index (χ1n) is 4.12. The quantitative estimate of drug-likeness (QED) is 0.692. The molecule has 0 aliphatic heterocycles. The molecule has 1 aromatic heterocycles. The first-order chi connectivity index (χ1) is 6.68. The zero-order valence-electron chi connectivity index (χ0n) is 7.56. The number of phenols is 1. The smallest absolute Gasteiger partial charge is 0.347 e. The summed E-state index contributed by atoms with van der Waals surface area (Å²) < 4.78 is 1.43. The van der Waals surface area contributed by atoms with E-state index in [2.05, 4.69) is 10.2 Å². The summed E-state index contributed by atoms with van der Waals surface area (Å²) in [7, 11) is 0. The molecule has 72 valence electrons. The van der Waals surface area contributed by atoms with Crippen LogP contribution < -0.4 is 5.69 Å². The molecule has 0 saturated carbocycles. The van der Waals surface area contributed by atoms with E-state index in [1.54, 1.807) is 19.1 Å². The maximum atomic E-state index is 11.3. The third-order valence-corrected chi connectivity index (χ3v) is 1.95. The Morgan fingerprint density at radius 1 is 1.36 bits per heavy atom. The molecule has 2 N–H and O–H groups in total. The third-order valence-electron chi connectivity index (χ3n) is 1.95. The largest absolute Gasteiger partial charge is 0.508 e. The van der Waals surface area contributed by atoms with Gasteiger partial charge in [-0.15, -0.1) is 0 Å². The molecule has 0 radical (unpaired) electrons. The number of rotatable bonds is 1. The Morgan fingerprint density at radius 3 is 2.50 bits per heavy atom. The first kappa shape index (κ1) is 8.55. The van der Waals surface area contributed by atoms with Gasteiger partial charge in [-0.05, 0) is 31.2 Å². The highest BCUT2D eigenvalue weighted by atomic mass is 16.3. The van der Waals surface area contributed by atoms with Crippen molar-refractivity contribution in [1.29, 1.82) is 0 Å². The van der Waals surface area contributed by atoms with Gasteiger partial charge >= 0.3 is 5.69 Å². The Hall–Kier alpha value is -2.04. The summed E-state index contributed by atoms with van der Waals surface area (Å²) in [6, 6.07) is 6.35. The average Bonchev–Trinajstić information content (AvgIpc) is 2.49. The number of nitrogens with zero attached hydrogens (tertiary/aromatic N) is 2. The normalized spacial score (nSPS) is 10.4. The van der Waals surface area contributed by atoms with Crippen LogP contribution in [0.2, 0.25) is 0 Å². The monoisotopic (exact) mass is 191 g/mol. The van der Waals surface area contributed by atoms with E-state index in [0.717, 1.165) is 0 Å². The predicted molar refractivity (Wildman–Crippen MR) is 50.6 cm³/mol. The van der Waals surface area contributed by atoms with Crippen LogP contribution in [0, 0.1) is 6.92 Å². The van der Waals surface area contributed by atoms with Gasteiger partial charge in [0.25, 0.3) is 0 Å². The van der Waals surface area contributed by atoms with Crippen LogP contribution in [0.4, 0.5) is 0 Å². The predicted octanol–water partition coefficient (Wildman–Crippen LogP) is 0.575. The lowest BCUT2D eigenvalue weighted by molar-refractivity contribution is 0.475. The lowest BCUT2D eigenvalue weighted by atomic mass is 10.3. The van der Waals surface area contributed by atoms with Crippen LogP contribution in [0.25, 0.3) is 5.69 Å². The maximum Gasteiger partial charge on any atom is 0.347 e. The van der Waals surface area contributed by atoms with Gasteiger partial charge in [-0.1, -0.05) is 0 Å². The summed E-state index contributed by atoms with van der Waals surface area (Å²) in [4.78, 5) is 11.3. The summed E-state index contributed by atoms with van der Waals surface area (Å²) in [5.41, 5.74) is 0.396. The van der Waals surface area contributed by atoms with Crippen molar-refractivity contribution >= 4 is 0 Å². The van der Waals surface area contributed by atoms with Crippen molar-refractivity contribution in [2.24, 2.45) is 0 Å². The molecule has 0 spiro atoms. The Labute approximate surface area is 79.6 Å². The van der Waals surface area contributed by atoms with E-state index in [1.807, 2.05) is 0 Å². The molecule has 0 saturated heterocycles. The maximum absolute atomic E-state index is 11.3. The molecule has 1 aromatic carbocycles. The number of aromatic nitrogens is 3. The molecule has 0 amide bonds. The van der Waals surface area contributed by atoms with E-state index in [1.165, 1.54) is 16.7 Å². The van der Waals surface area contributed by atoms with Crippen molar-refractivity contribution in [3.8, 4) is 11.4 Å². The molecule has 0 atom stereocenters. The number of H-pyrrole nitrogens is 1. The summed E-state index contributed by atoms with van der Waals surface area (Å²) in [6.07, 6.45) is 0. The molecular formula is C9H9N3O2. The zero-order chi connectivity index (χ0) is 10.1. The van der Waals surface area contributed by atoms with Crippen molar-refractivity contribution in [2.45, 2.75) is 6.92 Å². The van der Waals surface area contributed by atoms with Crippen molar-refractivity contribution in [2.75, 3.05) is 0 Å². The molecule has 0 bridgehead atoms. The van der Waals surface area contributed by atoms with E-state index in [-0.39, 0.29) is 11.4 Å². The van der Waals surface area contributed by atoms with Crippen molar-refractivity contribution in [3.63, 3.8) is 0 Å². The fourth-order valence-corrected chi connectivity index (χ4v) is 1.28. The summed E-state index contributed by atoms with van der Waals surface area (Å²) in [6.45, 7) is 1.73. The van der Waals surface area contributed by atoms with E-state index in [9.17, 15) is 4.79 Å². The summed E-state index contributed by atoms with van der Waals surface area (Å²) in [5.74, 6) is 0.753. The van der Waals surface area contributed by atoms with Gasteiger partial charge in [0.1, 0.15) is 11.6 Å². The van der Waals surface area contributed by atoms with Gasteiger partial charge in [0.2, 0.25) is 0 Å².